The molecule has 0 saturated heterocycles. The zero-order valence-corrected chi connectivity index (χ0v) is 18.8. The Labute approximate surface area is 192 Å². The molecular weight excluding hydrogens is 425 g/mol. The summed E-state index contributed by atoms with van der Waals surface area (Å²) in [6.07, 6.45) is 0.598. The van der Waals surface area contributed by atoms with E-state index in [1.54, 1.807) is 50.5 Å². The van der Waals surface area contributed by atoms with Crippen LogP contribution in [0.5, 0.6) is 23.0 Å². The minimum atomic E-state index is -0.551. The highest BCUT2D eigenvalue weighted by Gasteiger charge is 2.34. The molecule has 0 spiro atoms. The summed E-state index contributed by atoms with van der Waals surface area (Å²) in [6, 6.07) is 16.7. The molecule has 4 rings (SSSR count). The molecule has 1 atom stereocenters. The number of nitrogens with zero attached hydrogens (tertiary/aromatic N) is 1. The van der Waals surface area contributed by atoms with Gasteiger partial charge in [0.2, 0.25) is 0 Å². The number of hydrogen-bond donors (Lipinski definition) is 0. The fraction of sp³-hybridized carbons (Fsp3) is 0.269. The Balaban J connectivity index is 1.73. The maximum Gasteiger partial charge on any atom is 0.257 e. The molecule has 1 heterocycles. The number of carbonyl (C=O) groups is 1. The number of rotatable bonds is 7. The Morgan fingerprint density at radius 1 is 0.909 bits per heavy atom. The second kappa shape index (κ2) is 9.81. The minimum absolute atomic E-state index is 0.0312. The quantitative estimate of drug-likeness (QED) is 0.523. The summed E-state index contributed by atoms with van der Waals surface area (Å²) in [7, 11) is 4.72. The molecule has 0 bridgehead atoms. The van der Waals surface area contributed by atoms with Crippen LogP contribution in [-0.4, -0.2) is 45.3 Å². The zero-order valence-electron chi connectivity index (χ0n) is 18.8. The first-order chi connectivity index (χ1) is 16.1. The molecule has 0 unspecified atom stereocenters. The lowest BCUT2D eigenvalue weighted by atomic mass is 9.91. The van der Waals surface area contributed by atoms with Crippen LogP contribution >= 0.6 is 0 Å². The number of halogens is 1. The Hall–Kier alpha value is -3.74. The van der Waals surface area contributed by atoms with E-state index in [2.05, 4.69) is 0 Å². The molecular formula is C26H26FNO5. The summed E-state index contributed by atoms with van der Waals surface area (Å²) in [6.45, 7) is 0.568. The van der Waals surface area contributed by atoms with Gasteiger partial charge >= 0.3 is 0 Å². The average molecular weight is 451 g/mol. The van der Waals surface area contributed by atoms with Crippen LogP contribution in [-0.2, 0) is 6.42 Å². The van der Waals surface area contributed by atoms with Gasteiger partial charge in [0.1, 0.15) is 12.4 Å². The highest BCUT2D eigenvalue weighted by Crippen LogP contribution is 2.39. The lowest BCUT2D eigenvalue weighted by Gasteiger charge is -2.37. The van der Waals surface area contributed by atoms with Crippen molar-refractivity contribution >= 4 is 5.91 Å². The molecule has 0 saturated carbocycles. The molecule has 6 nitrogen and oxygen atoms in total. The van der Waals surface area contributed by atoms with Crippen molar-refractivity contribution in [2.24, 2.45) is 0 Å². The molecule has 0 N–H and O–H groups in total. The third-order valence-corrected chi connectivity index (χ3v) is 5.83. The molecule has 0 aromatic heterocycles. The van der Waals surface area contributed by atoms with E-state index in [9.17, 15) is 9.18 Å². The minimum Gasteiger partial charge on any atom is -0.493 e. The lowest BCUT2D eigenvalue weighted by Crippen LogP contribution is -2.43. The van der Waals surface area contributed by atoms with Gasteiger partial charge in [-0.1, -0.05) is 24.3 Å². The van der Waals surface area contributed by atoms with Gasteiger partial charge < -0.3 is 23.8 Å². The topological polar surface area (TPSA) is 57.2 Å². The molecule has 33 heavy (non-hydrogen) atoms. The SMILES string of the molecule is COc1cc2c(cc1OC)[C@@H](COc1ccccc1OC)N(C(=O)c1ccccc1F)CC2. The number of ether oxygens (including phenoxy) is 4. The van der Waals surface area contributed by atoms with Gasteiger partial charge in [0.05, 0.1) is 32.9 Å². The molecule has 3 aromatic carbocycles. The third kappa shape index (κ3) is 4.44. The van der Waals surface area contributed by atoms with Crippen LogP contribution < -0.4 is 18.9 Å². The van der Waals surface area contributed by atoms with Crippen LogP contribution in [0.2, 0.25) is 0 Å². The number of carbonyl (C=O) groups excluding carboxylic acids is 1. The molecule has 1 aliphatic rings. The van der Waals surface area contributed by atoms with Crippen LogP contribution in [0.15, 0.2) is 60.7 Å². The van der Waals surface area contributed by atoms with Gasteiger partial charge in [-0.25, -0.2) is 4.39 Å². The molecule has 0 radical (unpaired) electrons. The van der Waals surface area contributed by atoms with Crippen LogP contribution in [0.4, 0.5) is 4.39 Å². The standard InChI is InChI=1S/C26H26FNO5/c1-30-22-10-6-7-11-23(22)33-16-21-19-15-25(32-3)24(31-2)14-17(19)12-13-28(21)26(29)18-8-4-5-9-20(18)27/h4-11,14-15,21H,12-13,16H2,1-3H3/t21-/m1/s1. The molecule has 7 heteroatoms. The smallest absolute Gasteiger partial charge is 0.257 e. The van der Waals surface area contributed by atoms with Crippen molar-refractivity contribution in [3.05, 3.63) is 83.2 Å². The van der Waals surface area contributed by atoms with Crippen LogP contribution in [0, 0.1) is 5.82 Å². The first-order valence-electron chi connectivity index (χ1n) is 10.6. The predicted octanol–water partition coefficient (Wildman–Crippen LogP) is 4.67. The van der Waals surface area contributed by atoms with E-state index in [4.69, 9.17) is 18.9 Å². The predicted molar refractivity (Wildman–Crippen MR) is 122 cm³/mol. The third-order valence-electron chi connectivity index (χ3n) is 5.83. The Bertz CT molecular complexity index is 1150. The van der Waals surface area contributed by atoms with Crippen molar-refractivity contribution in [3.8, 4) is 23.0 Å². The number of amides is 1. The highest BCUT2D eigenvalue weighted by atomic mass is 19.1. The van der Waals surface area contributed by atoms with E-state index in [1.807, 2.05) is 24.3 Å². The Morgan fingerprint density at radius 2 is 1.55 bits per heavy atom. The molecule has 3 aromatic rings. The second-order valence-corrected chi connectivity index (χ2v) is 7.61. The fourth-order valence-corrected chi connectivity index (χ4v) is 4.15. The van der Waals surface area contributed by atoms with E-state index in [1.165, 1.54) is 12.1 Å². The molecule has 1 amide bonds. The van der Waals surface area contributed by atoms with Gasteiger partial charge in [-0.15, -0.1) is 0 Å². The van der Waals surface area contributed by atoms with E-state index in [-0.39, 0.29) is 18.1 Å². The monoisotopic (exact) mass is 451 g/mol. The van der Waals surface area contributed by atoms with E-state index in [0.29, 0.717) is 36.0 Å². The van der Waals surface area contributed by atoms with Gasteiger partial charge in [-0.2, -0.15) is 0 Å². The fourth-order valence-electron chi connectivity index (χ4n) is 4.15. The number of methoxy groups -OCH3 is 3. The Morgan fingerprint density at radius 3 is 2.24 bits per heavy atom. The van der Waals surface area contributed by atoms with E-state index >= 15 is 0 Å². The van der Waals surface area contributed by atoms with E-state index in [0.717, 1.165) is 11.1 Å². The molecule has 0 aliphatic carbocycles. The van der Waals surface area contributed by atoms with Crippen LogP contribution in [0.3, 0.4) is 0 Å². The van der Waals surface area contributed by atoms with Gasteiger partial charge in [-0.05, 0) is 53.9 Å². The number of hydrogen-bond acceptors (Lipinski definition) is 5. The maximum absolute atomic E-state index is 14.5. The summed E-state index contributed by atoms with van der Waals surface area (Å²) < 4.78 is 36.9. The van der Waals surface area contributed by atoms with E-state index < -0.39 is 11.9 Å². The van der Waals surface area contributed by atoms with Crippen molar-refractivity contribution in [1.82, 2.24) is 4.90 Å². The normalized spacial score (nSPS) is 14.9. The van der Waals surface area contributed by atoms with Crippen molar-refractivity contribution in [3.63, 3.8) is 0 Å². The lowest BCUT2D eigenvalue weighted by molar-refractivity contribution is 0.0582. The van der Waals surface area contributed by atoms with Crippen molar-refractivity contribution in [1.29, 1.82) is 0 Å². The first kappa shape index (κ1) is 22.5. The van der Waals surface area contributed by atoms with Gasteiger partial charge in [-0.3, -0.25) is 4.79 Å². The highest BCUT2D eigenvalue weighted by molar-refractivity contribution is 5.95. The number of para-hydroxylation sites is 2. The summed E-state index contributed by atoms with van der Waals surface area (Å²) in [5.74, 6) is 1.39. The van der Waals surface area contributed by atoms with Gasteiger partial charge in [0, 0.05) is 6.54 Å². The van der Waals surface area contributed by atoms with Crippen LogP contribution in [0.25, 0.3) is 0 Å². The first-order valence-corrected chi connectivity index (χ1v) is 10.6. The van der Waals surface area contributed by atoms with Crippen LogP contribution in [0.1, 0.15) is 27.5 Å². The molecule has 1 aliphatic heterocycles. The summed E-state index contributed by atoms with van der Waals surface area (Å²) in [5, 5.41) is 0. The molecule has 172 valence electrons. The second-order valence-electron chi connectivity index (χ2n) is 7.61. The zero-order chi connectivity index (χ0) is 23.4. The average Bonchev–Trinajstić information content (AvgIpc) is 2.86. The van der Waals surface area contributed by atoms with Crippen molar-refractivity contribution < 1.29 is 28.1 Å². The summed E-state index contributed by atoms with van der Waals surface area (Å²) in [4.78, 5) is 15.1. The number of benzene rings is 3. The van der Waals surface area contributed by atoms with Gasteiger partial charge in [0.25, 0.3) is 5.91 Å². The summed E-state index contributed by atoms with van der Waals surface area (Å²) >= 11 is 0. The van der Waals surface area contributed by atoms with Crippen molar-refractivity contribution in [2.45, 2.75) is 12.5 Å². The van der Waals surface area contributed by atoms with Crippen molar-refractivity contribution in [2.75, 3.05) is 34.5 Å². The Kier molecular flexibility index (Phi) is 6.68. The van der Waals surface area contributed by atoms with Gasteiger partial charge in [0.15, 0.2) is 23.0 Å². The largest absolute Gasteiger partial charge is 0.493 e. The molecule has 0 fully saturated rings. The number of fused-ring (bicyclic) bond motifs is 1. The summed E-state index contributed by atoms with van der Waals surface area (Å²) in [5.41, 5.74) is 1.93. The maximum atomic E-state index is 14.5.